The zero-order valence-electron chi connectivity index (χ0n) is 17.0. The molecule has 2 amide bonds. The summed E-state index contributed by atoms with van der Waals surface area (Å²) >= 11 is 6.07. The van der Waals surface area contributed by atoms with Crippen LogP contribution in [0, 0.1) is 0 Å². The van der Waals surface area contributed by atoms with Crippen molar-refractivity contribution >= 4 is 34.8 Å². The smallest absolute Gasteiger partial charge is 0.226 e. The van der Waals surface area contributed by atoms with Gasteiger partial charge in [-0.15, -0.1) is 0 Å². The fraction of sp³-hybridized carbons (Fsp3) is 0.409. The lowest BCUT2D eigenvalue weighted by molar-refractivity contribution is -0.131. The van der Waals surface area contributed by atoms with Crippen LogP contribution < -0.4 is 9.80 Å². The van der Waals surface area contributed by atoms with E-state index >= 15 is 0 Å². The van der Waals surface area contributed by atoms with E-state index in [0.717, 1.165) is 30.0 Å². The molecule has 1 aliphatic heterocycles. The van der Waals surface area contributed by atoms with Crippen LogP contribution in [0.1, 0.15) is 25.3 Å². The van der Waals surface area contributed by atoms with E-state index in [4.69, 9.17) is 11.6 Å². The summed E-state index contributed by atoms with van der Waals surface area (Å²) in [5.41, 5.74) is 2.91. The number of aryl methyl sites for hydroxylation is 1. The Bertz CT molecular complexity index is 848. The molecule has 1 aromatic heterocycles. The van der Waals surface area contributed by atoms with Gasteiger partial charge < -0.3 is 14.7 Å². The molecule has 0 bridgehead atoms. The average molecular weight is 415 g/mol. The molecular weight excluding hydrogens is 388 g/mol. The third kappa shape index (κ3) is 5.26. The third-order valence-corrected chi connectivity index (χ3v) is 5.70. The summed E-state index contributed by atoms with van der Waals surface area (Å²) in [6.07, 6.45) is 3.19. The van der Waals surface area contributed by atoms with Crippen molar-refractivity contribution in [1.82, 2.24) is 9.88 Å². The molecule has 0 atom stereocenters. The highest BCUT2D eigenvalue weighted by molar-refractivity contribution is 6.30. The maximum Gasteiger partial charge on any atom is 0.226 e. The second-order valence-electron chi connectivity index (χ2n) is 7.14. The number of rotatable bonds is 6. The Morgan fingerprint density at radius 2 is 1.79 bits per heavy atom. The maximum atomic E-state index is 12.5. The van der Waals surface area contributed by atoms with Gasteiger partial charge >= 0.3 is 0 Å². The van der Waals surface area contributed by atoms with E-state index in [1.807, 2.05) is 48.2 Å². The van der Waals surface area contributed by atoms with Gasteiger partial charge in [-0.05, 0) is 42.3 Å². The molecule has 1 aliphatic rings. The van der Waals surface area contributed by atoms with Crippen molar-refractivity contribution in [3.8, 4) is 0 Å². The monoisotopic (exact) mass is 414 g/mol. The van der Waals surface area contributed by atoms with Crippen LogP contribution in [0.15, 0.2) is 42.6 Å². The molecule has 0 saturated carbocycles. The van der Waals surface area contributed by atoms with Crippen LogP contribution in [-0.2, 0) is 16.0 Å². The van der Waals surface area contributed by atoms with Gasteiger partial charge in [0.1, 0.15) is 5.15 Å². The van der Waals surface area contributed by atoms with Crippen molar-refractivity contribution in [1.29, 1.82) is 0 Å². The Balaban J connectivity index is 1.50. The van der Waals surface area contributed by atoms with Crippen molar-refractivity contribution < 1.29 is 9.59 Å². The van der Waals surface area contributed by atoms with Crippen LogP contribution in [0.4, 0.5) is 11.4 Å². The van der Waals surface area contributed by atoms with Crippen LogP contribution in [0.25, 0.3) is 0 Å². The number of hydrogen-bond acceptors (Lipinski definition) is 4. The zero-order valence-corrected chi connectivity index (χ0v) is 17.7. The Morgan fingerprint density at radius 3 is 2.41 bits per heavy atom. The highest BCUT2D eigenvalue weighted by atomic mass is 35.5. The first kappa shape index (κ1) is 21.1. The van der Waals surface area contributed by atoms with Crippen molar-refractivity contribution in [3.05, 3.63) is 53.3 Å². The lowest BCUT2D eigenvalue weighted by Gasteiger charge is -2.36. The second-order valence-corrected chi connectivity index (χ2v) is 7.50. The van der Waals surface area contributed by atoms with E-state index in [1.54, 1.807) is 18.1 Å². The number of nitrogens with zero attached hydrogens (tertiary/aromatic N) is 4. The molecule has 0 radical (unpaired) electrons. The number of benzene rings is 1. The predicted octanol–water partition coefficient (Wildman–Crippen LogP) is 3.39. The van der Waals surface area contributed by atoms with Gasteiger partial charge in [-0.2, -0.15) is 0 Å². The summed E-state index contributed by atoms with van der Waals surface area (Å²) in [6.45, 7) is 4.86. The zero-order chi connectivity index (χ0) is 20.8. The minimum Gasteiger partial charge on any atom is -0.368 e. The van der Waals surface area contributed by atoms with Crippen LogP contribution >= 0.6 is 11.6 Å². The SMILES string of the molecule is CCC(=O)N(C)c1ccc(N2CCN(C(=O)CCc3cccnc3Cl)CC2)cc1. The molecule has 29 heavy (non-hydrogen) atoms. The molecule has 2 aromatic rings. The van der Waals surface area contributed by atoms with Crippen molar-refractivity contribution in [2.24, 2.45) is 0 Å². The Labute approximate surface area is 177 Å². The molecule has 0 aliphatic carbocycles. The first-order valence-electron chi connectivity index (χ1n) is 9.98. The first-order chi connectivity index (χ1) is 14.0. The lowest BCUT2D eigenvalue weighted by Crippen LogP contribution is -2.48. The van der Waals surface area contributed by atoms with Gasteiger partial charge in [0.15, 0.2) is 0 Å². The minimum absolute atomic E-state index is 0.0949. The number of halogens is 1. The van der Waals surface area contributed by atoms with E-state index < -0.39 is 0 Å². The van der Waals surface area contributed by atoms with Crippen molar-refractivity contribution in [2.45, 2.75) is 26.2 Å². The molecule has 1 aromatic carbocycles. The third-order valence-electron chi connectivity index (χ3n) is 5.36. The van der Waals surface area contributed by atoms with Crippen LogP contribution in [0.3, 0.4) is 0 Å². The summed E-state index contributed by atoms with van der Waals surface area (Å²) in [7, 11) is 1.80. The summed E-state index contributed by atoms with van der Waals surface area (Å²) in [5, 5.41) is 0.472. The molecule has 7 heteroatoms. The Hall–Kier alpha value is -2.60. The molecule has 6 nitrogen and oxygen atoms in total. The maximum absolute atomic E-state index is 12.5. The van der Waals surface area contributed by atoms with Gasteiger partial charge in [-0.3, -0.25) is 9.59 Å². The quantitative estimate of drug-likeness (QED) is 0.680. The number of carbonyl (C=O) groups excluding carboxylic acids is 2. The number of hydrogen-bond donors (Lipinski definition) is 0. The minimum atomic E-state index is 0.0949. The number of pyridine rings is 1. The number of aromatic nitrogens is 1. The van der Waals surface area contributed by atoms with Crippen LogP contribution in [-0.4, -0.2) is 54.9 Å². The lowest BCUT2D eigenvalue weighted by atomic mass is 10.1. The molecule has 154 valence electrons. The average Bonchev–Trinajstić information content (AvgIpc) is 2.77. The van der Waals surface area contributed by atoms with Crippen molar-refractivity contribution in [2.75, 3.05) is 43.0 Å². The van der Waals surface area contributed by atoms with E-state index in [-0.39, 0.29) is 11.8 Å². The Kier molecular flexibility index (Phi) is 7.09. The van der Waals surface area contributed by atoms with Crippen LogP contribution in [0.2, 0.25) is 5.15 Å². The van der Waals surface area contributed by atoms with Gasteiger partial charge in [0.05, 0.1) is 0 Å². The number of piperazine rings is 1. The molecule has 1 saturated heterocycles. The molecule has 3 rings (SSSR count). The largest absolute Gasteiger partial charge is 0.368 e. The normalized spacial score (nSPS) is 14.0. The molecule has 0 unspecified atom stereocenters. The van der Waals surface area contributed by atoms with E-state index in [0.29, 0.717) is 37.5 Å². The van der Waals surface area contributed by atoms with Gasteiger partial charge in [0.2, 0.25) is 11.8 Å². The fourth-order valence-electron chi connectivity index (χ4n) is 3.49. The Morgan fingerprint density at radius 1 is 1.10 bits per heavy atom. The number of carbonyl (C=O) groups is 2. The summed E-state index contributed by atoms with van der Waals surface area (Å²) in [4.78, 5) is 34.3. The predicted molar refractivity (Wildman–Crippen MR) is 117 cm³/mol. The van der Waals surface area contributed by atoms with Gasteiger partial charge in [0.25, 0.3) is 0 Å². The summed E-state index contributed by atoms with van der Waals surface area (Å²) < 4.78 is 0. The first-order valence-corrected chi connectivity index (χ1v) is 10.4. The van der Waals surface area contributed by atoms with Gasteiger partial charge in [0, 0.05) is 63.6 Å². The standard InChI is InChI=1S/C22H27ClN4O2/c1-3-20(28)25(2)18-7-9-19(10-8-18)26-13-15-27(16-14-26)21(29)11-6-17-5-4-12-24-22(17)23/h4-5,7-10,12H,3,6,11,13-16H2,1-2H3. The van der Waals surface area contributed by atoms with E-state index in [1.165, 1.54) is 0 Å². The number of amides is 2. The molecule has 1 fully saturated rings. The van der Waals surface area contributed by atoms with Gasteiger partial charge in [-0.25, -0.2) is 4.98 Å². The molecule has 0 N–H and O–H groups in total. The van der Waals surface area contributed by atoms with E-state index in [2.05, 4.69) is 9.88 Å². The summed E-state index contributed by atoms with van der Waals surface area (Å²) in [6, 6.07) is 11.8. The number of anilines is 2. The van der Waals surface area contributed by atoms with Crippen molar-refractivity contribution in [3.63, 3.8) is 0 Å². The fourth-order valence-corrected chi connectivity index (χ4v) is 3.70. The second kappa shape index (κ2) is 9.74. The summed E-state index contributed by atoms with van der Waals surface area (Å²) in [5.74, 6) is 0.247. The highest BCUT2D eigenvalue weighted by Crippen LogP contribution is 2.22. The molecule has 2 heterocycles. The molecule has 0 spiro atoms. The van der Waals surface area contributed by atoms with E-state index in [9.17, 15) is 9.59 Å². The van der Waals surface area contributed by atoms with Crippen LogP contribution in [0.5, 0.6) is 0 Å². The molecular formula is C22H27ClN4O2. The topological polar surface area (TPSA) is 56.8 Å². The van der Waals surface area contributed by atoms with Gasteiger partial charge in [-0.1, -0.05) is 24.6 Å². The highest BCUT2D eigenvalue weighted by Gasteiger charge is 2.21.